The Balaban J connectivity index is 1.36. The molecule has 2 amide bonds. The summed E-state index contributed by atoms with van der Waals surface area (Å²) in [6, 6.07) is 9.36. The van der Waals surface area contributed by atoms with Crippen LogP contribution in [0.25, 0.3) is 15.9 Å². The van der Waals surface area contributed by atoms with Gasteiger partial charge in [-0.3, -0.25) is 14.9 Å². The van der Waals surface area contributed by atoms with E-state index in [0.717, 1.165) is 47.4 Å². The van der Waals surface area contributed by atoms with Gasteiger partial charge < -0.3 is 9.30 Å². The minimum Gasteiger partial charge on any atom is -0.339 e. The van der Waals surface area contributed by atoms with Crippen molar-refractivity contribution in [2.75, 3.05) is 18.4 Å². The highest BCUT2D eigenvalue weighted by Gasteiger charge is 2.19. The van der Waals surface area contributed by atoms with Crippen molar-refractivity contribution in [1.82, 2.24) is 19.3 Å². The number of nitrogens with one attached hydrogen (secondary N) is 1. The molecule has 1 aliphatic rings. The molecule has 152 valence electrons. The van der Waals surface area contributed by atoms with Crippen molar-refractivity contribution in [2.24, 2.45) is 0 Å². The average molecular weight is 420 g/mol. The number of rotatable bonds is 3. The number of carbonyl (C=O) groups is 2. The first-order valence-electron chi connectivity index (χ1n) is 10.0. The van der Waals surface area contributed by atoms with E-state index in [1.54, 1.807) is 6.20 Å². The molecule has 4 aromatic rings. The summed E-state index contributed by atoms with van der Waals surface area (Å²) >= 11 is 1.36. The van der Waals surface area contributed by atoms with Crippen LogP contribution in [0.2, 0.25) is 0 Å². The van der Waals surface area contributed by atoms with E-state index < -0.39 is 0 Å². The number of likely N-dealkylation sites (tertiary alicyclic amines) is 1. The molecule has 1 aliphatic heterocycles. The van der Waals surface area contributed by atoms with Gasteiger partial charge in [0.25, 0.3) is 11.8 Å². The molecule has 30 heavy (non-hydrogen) atoms. The largest absolute Gasteiger partial charge is 0.339 e. The highest BCUT2D eigenvalue weighted by molar-refractivity contribution is 7.22. The summed E-state index contributed by atoms with van der Waals surface area (Å²) in [6.45, 7) is 3.63. The Bertz CT molecular complexity index is 1270. The second kappa shape index (κ2) is 7.53. The SMILES string of the molecule is Cc1ccc2nc(C(=O)Nc3nc4ccc(C(=O)N5CCCCC5)cc4s3)cn2c1. The molecule has 1 aromatic carbocycles. The molecule has 5 rings (SSSR count). The average Bonchev–Trinajstić information content (AvgIpc) is 3.36. The molecular weight excluding hydrogens is 398 g/mol. The maximum Gasteiger partial charge on any atom is 0.277 e. The van der Waals surface area contributed by atoms with Gasteiger partial charge in [-0.15, -0.1) is 0 Å². The van der Waals surface area contributed by atoms with Crippen LogP contribution in [-0.2, 0) is 0 Å². The number of piperidine rings is 1. The van der Waals surface area contributed by atoms with Gasteiger partial charge in [-0.25, -0.2) is 9.97 Å². The number of nitrogens with zero attached hydrogens (tertiary/aromatic N) is 4. The van der Waals surface area contributed by atoms with E-state index in [1.807, 2.05) is 52.8 Å². The molecule has 0 aliphatic carbocycles. The highest BCUT2D eigenvalue weighted by Crippen LogP contribution is 2.28. The zero-order chi connectivity index (χ0) is 20.7. The van der Waals surface area contributed by atoms with E-state index in [0.29, 0.717) is 16.4 Å². The number of pyridine rings is 1. The number of thiazole rings is 1. The molecule has 1 fully saturated rings. The van der Waals surface area contributed by atoms with Gasteiger partial charge in [-0.05, 0) is 56.0 Å². The molecule has 0 bridgehead atoms. The number of imidazole rings is 1. The van der Waals surface area contributed by atoms with Crippen molar-refractivity contribution in [3.05, 3.63) is 59.5 Å². The minimum absolute atomic E-state index is 0.0654. The first-order valence-corrected chi connectivity index (χ1v) is 10.8. The summed E-state index contributed by atoms with van der Waals surface area (Å²) in [4.78, 5) is 36.2. The highest BCUT2D eigenvalue weighted by atomic mass is 32.1. The van der Waals surface area contributed by atoms with Gasteiger partial charge in [0.15, 0.2) is 5.13 Å². The minimum atomic E-state index is -0.306. The predicted octanol–water partition coefficient (Wildman–Crippen LogP) is 4.13. The van der Waals surface area contributed by atoms with Crippen molar-refractivity contribution in [1.29, 1.82) is 0 Å². The Kier molecular flexibility index (Phi) is 4.71. The Morgan fingerprint density at radius 1 is 1.03 bits per heavy atom. The molecule has 3 aromatic heterocycles. The molecule has 0 radical (unpaired) electrons. The monoisotopic (exact) mass is 419 g/mol. The van der Waals surface area contributed by atoms with Crippen molar-refractivity contribution in [3.63, 3.8) is 0 Å². The van der Waals surface area contributed by atoms with E-state index in [-0.39, 0.29) is 11.8 Å². The number of amides is 2. The maximum atomic E-state index is 12.8. The number of aromatic nitrogens is 3. The van der Waals surface area contributed by atoms with Gasteiger partial charge in [-0.1, -0.05) is 17.4 Å². The maximum absolute atomic E-state index is 12.8. The van der Waals surface area contributed by atoms with Crippen LogP contribution in [0.15, 0.2) is 42.7 Å². The topological polar surface area (TPSA) is 79.6 Å². The number of anilines is 1. The van der Waals surface area contributed by atoms with Gasteiger partial charge in [0.1, 0.15) is 11.3 Å². The molecule has 0 spiro atoms. The number of hydrogen-bond acceptors (Lipinski definition) is 5. The normalized spacial score (nSPS) is 14.4. The van der Waals surface area contributed by atoms with E-state index in [9.17, 15) is 9.59 Å². The summed E-state index contributed by atoms with van der Waals surface area (Å²) in [7, 11) is 0. The van der Waals surface area contributed by atoms with Crippen LogP contribution in [0.4, 0.5) is 5.13 Å². The Labute approximate surface area is 177 Å². The lowest BCUT2D eigenvalue weighted by atomic mass is 10.1. The van der Waals surface area contributed by atoms with Crippen LogP contribution < -0.4 is 5.32 Å². The molecule has 1 N–H and O–H groups in total. The Hall–Kier alpha value is -3.26. The third-order valence-electron chi connectivity index (χ3n) is 5.33. The zero-order valence-electron chi connectivity index (χ0n) is 16.6. The first-order chi connectivity index (χ1) is 14.6. The summed E-state index contributed by atoms with van der Waals surface area (Å²) in [6.07, 6.45) is 6.95. The van der Waals surface area contributed by atoms with Gasteiger partial charge in [0.05, 0.1) is 10.2 Å². The van der Waals surface area contributed by atoms with Crippen LogP contribution in [0.5, 0.6) is 0 Å². The van der Waals surface area contributed by atoms with E-state index >= 15 is 0 Å². The summed E-state index contributed by atoms with van der Waals surface area (Å²) in [5.41, 5.74) is 3.57. The number of carbonyl (C=O) groups excluding carboxylic acids is 2. The van der Waals surface area contributed by atoms with Gasteiger partial charge in [0, 0.05) is 31.0 Å². The number of hydrogen-bond donors (Lipinski definition) is 1. The van der Waals surface area contributed by atoms with Gasteiger partial charge >= 0.3 is 0 Å². The molecule has 8 heteroatoms. The smallest absolute Gasteiger partial charge is 0.277 e. The zero-order valence-corrected chi connectivity index (χ0v) is 17.4. The molecule has 0 atom stereocenters. The fourth-order valence-corrected chi connectivity index (χ4v) is 4.66. The molecule has 0 unspecified atom stereocenters. The van der Waals surface area contributed by atoms with Crippen LogP contribution >= 0.6 is 11.3 Å². The fraction of sp³-hybridized carbons (Fsp3) is 0.273. The van der Waals surface area contributed by atoms with E-state index in [2.05, 4.69) is 15.3 Å². The van der Waals surface area contributed by atoms with Crippen molar-refractivity contribution < 1.29 is 9.59 Å². The van der Waals surface area contributed by atoms with Crippen molar-refractivity contribution in [3.8, 4) is 0 Å². The standard InChI is InChI=1S/C22H21N5O2S/c1-14-5-8-19-23-17(13-27(19)12-14)20(28)25-22-24-16-7-6-15(11-18(16)30-22)21(29)26-9-3-2-4-10-26/h5-8,11-13H,2-4,9-10H2,1H3,(H,24,25,28). The van der Waals surface area contributed by atoms with Crippen LogP contribution in [0.3, 0.4) is 0 Å². The van der Waals surface area contributed by atoms with Crippen molar-refractivity contribution in [2.45, 2.75) is 26.2 Å². The summed E-state index contributed by atoms with van der Waals surface area (Å²) in [5, 5.41) is 3.32. The third kappa shape index (κ3) is 3.54. The van der Waals surface area contributed by atoms with Gasteiger partial charge in [0.2, 0.25) is 0 Å². The molecule has 7 nitrogen and oxygen atoms in total. The third-order valence-corrected chi connectivity index (χ3v) is 6.26. The lowest BCUT2D eigenvalue weighted by Gasteiger charge is -2.26. The number of fused-ring (bicyclic) bond motifs is 2. The van der Waals surface area contributed by atoms with Crippen LogP contribution in [0.1, 0.15) is 45.7 Å². The van der Waals surface area contributed by atoms with Crippen molar-refractivity contribution >= 4 is 44.1 Å². The predicted molar refractivity (Wildman–Crippen MR) is 117 cm³/mol. The molecular formula is C22H21N5O2S. The van der Waals surface area contributed by atoms with E-state index in [4.69, 9.17) is 0 Å². The number of aryl methyl sites for hydroxylation is 1. The second-order valence-corrected chi connectivity index (χ2v) is 8.64. The molecule has 1 saturated heterocycles. The lowest BCUT2D eigenvalue weighted by Crippen LogP contribution is -2.35. The number of benzene rings is 1. The summed E-state index contributed by atoms with van der Waals surface area (Å²) in [5.74, 6) is -0.240. The fourth-order valence-electron chi connectivity index (χ4n) is 3.76. The quantitative estimate of drug-likeness (QED) is 0.541. The Morgan fingerprint density at radius 3 is 2.70 bits per heavy atom. The lowest BCUT2D eigenvalue weighted by molar-refractivity contribution is 0.0724. The molecule has 4 heterocycles. The summed E-state index contributed by atoms with van der Waals surface area (Å²) < 4.78 is 2.71. The molecule has 0 saturated carbocycles. The Morgan fingerprint density at radius 2 is 1.87 bits per heavy atom. The van der Waals surface area contributed by atoms with Crippen LogP contribution in [0, 0.1) is 6.92 Å². The van der Waals surface area contributed by atoms with Crippen LogP contribution in [-0.4, -0.2) is 44.2 Å². The second-order valence-electron chi connectivity index (χ2n) is 7.61. The van der Waals surface area contributed by atoms with E-state index in [1.165, 1.54) is 17.8 Å². The van der Waals surface area contributed by atoms with Gasteiger partial charge in [-0.2, -0.15) is 0 Å². The first kappa shape index (κ1) is 18.7.